The number of benzene rings is 2. The average molecular weight is 337 g/mol. The minimum Gasteiger partial charge on any atom is -0.380 e. The predicted octanol–water partition coefficient (Wildman–Crippen LogP) is 3.29. The van der Waals surface area contributed by atoms with Crippen molar-refractivity contribution in [3.05, 3.63) is 66.0 Å². The van der Waals surface area contributed by atoms with Gasteiger partial charge in [0.2, 0.25) is 0 Å². The fourth-order valence-corrected chi connectivity index (χ4v) is 2.85. The maximum atomic E-state index is 12.7. The van der Waals surface area contributed by atoms with Crippen LogP contribution in [0.1, 0.15) is 44.1 Å². The van der Waals surface area contributed by atoms with Crippen molar-refractivity contribution in [2.24, 2.45) is 0 Å². The molecule has 5 nitrogen and oxygen atoms in total. The Kier molecular flexibility index (Phi) is 4.59. The van der Waals surface area contributed by atoms with Gasteiger partial charge in [0.1, 0.15) is 11.4 Å². The zero-order valence-corrected chi connectivity index (χ0v) is 14.7. The quantitative estimate of drug-likeness (QED) is 0.668. The van der Waals surface area contributed by atoms with E-state index < -0.39 is 11.5 Å². The van der Waals surface area contributed by atoms with E-state index in [4.69, 9.17) is 0 Å². The molecule has 3 aromatic rings. The molecule has 0 fully saturated rings. The second-order valence-corrected chi connectivity index (χ2v) is 6.61. The molecule has 0 bridgehead atoms. The Morgan fingerprint density at radius 1 is 1.12 bits per heavy atom. The molecule has 130 valence electrons. The number of aliphatic hydroxyl groups is 1. The molecule has 0 aliphatic rings. The number of rotatable bonds is 5. The summed E-state index contributed by atoms with van der Waals surface area (Å²) < 4.78 is 0. The number of fused-ring (bicyclic) bond motifs is 1. The summed E-state index contributed by atoms with van der Waals surface area (Å²) in [5.41, 5.74) is 1.16. The Balaban J connectivity index is 1.75. The molecule has 2 aromatic carbocycles. The van der Waals surface area contributed by atoms with Gasteiger partial charge in [0, 0.05) is 5.92 Å². The lowest BCUT2D eigenvalue weighted by Crippen LogP contribution is -2.48. The highest BCUT2D eigenvalue weighted by Gasteiger charge is 2.38. The Hall–Kier alpha value is -2.66. The minimum absolute atomic E-state index is 0.337. The molecule has 25 heavy (non-hydrogen) atoms. The first-order valence-electron chi connectivity index (χ1n) is 8.42. The highest BCUT2D eigenvalue weighted by molar-refractivity contribution is 5.86. The van der Waals surface area contributed by atoms with Crippen LogP contribution in [0.2, 0.25) is 0 Å². The number of H-pyrrole nitrogens is 1. The molecule has 3 N–H and O–H groups in total. The maximum Gasteiger partial charge on any atom is 0.252 e. The number of aromatic nitrogens is 2. The van der Waals surface area contributed by atoms with E-state index in [1.807, 2.05) is 68.4 Å². The summed E-state index contributed by atoms with van der Waals surface area (Å²) in [7, 11) is 0. The number of para-hydroxylation sites is 2. The van der Waals surface area contributed by atoms with Gasteiger partial charge in [0.15, 0.2) is 0 Å². The van der Waals surface area contributed by atoms with Gasteiger partial charge < -0.3 is 15.4 Å². The smallest absolute Gasteiger partial charge is 0.252 e. The van der Waals surface area contributed by atoms with Gasteiger partial charge in [-0.2, -0.15) is 0 Å². The van der Waals surface area contributed by atoms with Crippen LogP contribution >= 0.6 is 0 Å². The highest BCUT2D eigenvalue weighted by Crippen LogP contribution is 2.28. The van der Waals surface area contributed by atoms with Gasteiger partial charge in [-0.05, 0) is 31.5 Å². The summed E-state index contributed by atoms with van der Waals surface area (Å²) >= 11 is 0. The molecule has 0 saturated carbocycles. The zero-order valence-electron chi connectivity index (χ0n) is 14.7. The molecule has 0 unspecified atom stereocenters. The second-order valence-electron chi connectivity index (χ2n) is 6.61. The summed E-state index contributed by atoms with van der Waals surface area (Å²) in [6.45, 7) is 5.24. The molecule has 0 spiro atoms. The predicted molar refractivity (Wildman–Crippen MR) is 98.1 cm³/mol. The Morgan fingerprint density at radius 2 is 1.76 bits per heavy atom. The van der Waals surface area contributed by atoms with E-state index in [1.54, 1.807) is 6.92 Å². The van der Waals surface area contributed by atoms with Crippen LogP contribution in [0.3, 0.4) is 0 Å². The van der Waals surface area contributed by atoms with Gasteiger partial charge in [-0.1, -0.05) is 49.4 Å². The summed E-state index contributed by atoms with van der Waals surface area (Å²) in [5, 5.41) is 13.7. The summed E-state index contributed by atoms with van der Waals surface area (Å²) in [6.07, 6.45) is 0. The molecule has 1 heterocycles. The van der Waals surface area contributed by atoms with Crippen LogP contribution in [-0.2, 0) is 4.79 Å². The molecule has 1 aromatic heterocycles. The van der Waals surface area contributed by atoms with Gasteiger partial charge in [0.25, 0.3) is 5.91 Å². The topological polar surface area (TPSA) is 78.0 Å². The highest BCUT2D eigenvalue weighted by atomic mass is 16.3. The number of nitrogens with one attached hydrogen (secondary N) is 2. The summed E-state index contributed by atoms with van der Waals surface area (Å²) in [4.78, 5) is 20.4. The Bertz CT molecular complexity index is 838. The van der Waals surface area contributed by atoms with Crippen molar-refractivity contribution in [1.29, 1.82) is 0 Å². The fourth-order valence-electron chi connectivity index (χ4n) is 2.85. The van der Waals surface area contributed by atoms with Gasteiger partial charge in [-0.25, -0.2) is 4.98 Å². The lowest BCUT2D eigenvalue weighted by atomic mass is 9.84. The van der Waals surface area contributed by atoms with E-state index in [1.165, 1.54) is 0 Å². The lowest BCUT2D eigenvalue weighted by molar-refractivity contribution is -0.140. The normalized spacial score (nSPS) is 16.2. The minimum atomic E-state index is -1.53. The number of imidazole rings is 1. The van der Waals surface area contributed by atoms with Crippen LogP contribution in [0.5, 0.6) is 0 Å². The van der Waals surface area contributed by atoms with Crippen molar-refractivity contribution in [3.8, 4) is 0 Å². The Morgan fingerprint density at radius 3 is 2.44 bits per heavy atom. The first-order valence-corrected chi connectivity index (χ1v) is 8.42. The standard InChI is InChI=1S/C20H23N3O2/c1-13(15-9-5-4-6-10-15)20(3,25)19(24)21-14(2)18-22-16-11-7-8-12-17(16)23-18/h4-14,25H,1-3H3,(H,21,24)(H,22,23)/t13-,14+,20-/m1/s1. The van der Waals surface area contributed by atoms with Crippen molar-refractivity contribution in [2.45, 2.75) is 38.3 Å². The van der Waals surface area contributed by atoms with Crippen molar-refractivity contribution in [3.63, 3.8) is 0 Å². The zero-order chi connectivity index (χ0) is 18.0. The number of nitrogens with zero attached hydrogens (tertiary/aromatic N) is 1. The third kappa shape index (κ3) is 3.42. The van der Waals surface area contributed by atoms with Gasteiger partial charge in [-0.3, -0.25) is 4.79 Å². The molecule has 0 aliphatic carbocycles. The summed E-state index contributed by atoms with van der Waals surface area (Å²) in [5.74, 6) is -0.0916. The van der Waals surface area contributed by atoms with Crippen LogP contribution in [-0.4, -0.2) is 26.6 Å². The third-order valence-corrected chi connectivity index (χ3v) is 4.77. The summed E-state index contributed by atoms with van der Waals surface area (Å²) in [6, 6.07) is 16.9. The van der Waals surface area contributed by atoms with Gasteiger partial charge >= 0.3 is 0 Å². The Labute approximate surface area is 147 Å². The van der Waals surface area contributed by atoms with Crippen LogP contribution < -0.4 is 5.32 Å². The van der Waals surface area contributed by atoms with Gasteiger partial charge in [0.05, 0.1) is 17.1 Å². The number of aromatic amines is 1. The number of amides is 1. The average Bonchev–Trinajstić information content (AvgIpc) is 3.06. The molecule has 0 radical (unpaired) electrons. The molecular formula is C20H23N3O2. The van der Waals surface area contributed by atoms with Crippen molar-refractivity contribution in [2.75, 3.05) is 0 Å². The van der Waals surface area contributed by atoms with Crippen LogP contribution in [0.25, 0.3) is 11.0 Å². The van der Waals surface area contributed by atoms with Crippen molar-refractivity contribution >= 4 is 16.9 Å². The van der Waals surface area contributed by atoms with Crippen LogP contribution in [0.15, 0.2) is 54.6 Å². The second kappa shape index (κ2) is 6.69. The monoisotopic (exact) mass is 337 g/mol. The number of hydrogen-bond donors (Lipinski definition) is 3. The largest absolute Gasteiger partial charge is 0.380 e. The van der Waals surface area contributed by atoms with E-state index in [2.05, 4.69) is 15.3 Å². The number of hydrogen-bond acceptors (Lipinski definition) is 3. The third-order valence-electron chi connectivity index (χ3n) is 4.77. The lowest BCUT2D eigenvalue weighted by Gasteiger charge is -2.30. The molecule has 3 rings (SSSR count). The van der Waals surface area contributed by atoms with Crippen LogP contribution in [0, 0.1) is 0 Å². The SMILES string of the molecule is C[C@H](NC(=O)[C@](C)(O)[C@H](C)c1ccccc1)c1nc2ccccc2[nH]1. The molecular weight excluding hydrogens is 314 g/mol. The van der Waals surface area contributed by atoms with Crippen LogP contribution in [0.4, 0.5) is 0 Å². The van der Waals surface area contributed by atoms with Gasteiger partial charge in [-0.15, -0.1) is 0 Å². The van der Waals surface area contributed by atoms with Crippen molar-refractivity contribution in [1.82, 2.24) is 15.3 Å². The molecule has 0 aliphatic heterocycles. The van der Waals surface area contributed by atoms with E-state index in [9.17, 15) is 9.90 Å². The van der Waals surface area contributed by atoms with E-state index in [-0.39, 0.29) is 12.0 Å². The maximum absolute atomic E-state index is 12.7. The molecule has 0 saturated heterocycles. The first-order chi connectivity index (χ1) is 11.9. The first kappa shape index (κ1) is 17.2. The van der Waals surface area contributed by atoms with E-state index >= 15 is 0 Å². The molecule has 3 atom stereocenters. The fraction of sp³-hybridized carbons (Fsp3) is 0.300. The number of carbonyl (C=O) groups is 1. The number of carbonyl (C=O) groups excluding carboxylic acids is 1. The van der Waals surface area contributed by atoms with E-state index in [0.717, 1.165) is 16.6 Å². The van der Waals surface area contributed by atoms with Crippen molar-refractivity contribution < 1.29 is 9.90 Å². The molecule has 1 amide bonds. The van der Waals surface area contributed by atoms with E-state index in [0.29, 0.717) is 5.82 Å². The molecule has 5 heteroatoms.